The lowest BCUT2D eigenvalue weighted by Gasteiger charge is -2.27. The molecule has 32 heavy (non-hydrogen) atoms. The first kappa shape index (κ1) is 23.2. The number of para-hydroxylation sites is 1. The molecule has 170 valence electrons. The van der Waals surface area contributed by atoms with Gasteiger partial charge in [0, 0.05) is 43.2 Å². The topological polar surface area (TPSA) is 45.7 Å². The lowest BCUT2D eigenvalue weighted by Crippen LogP contribution is -2.39. The number of ether oxygens (including phenoxy) is 1. The van der Waals surface area contributed by atoms with Crippen LogP contribution in [0.15, 0.2) is 53.4 Å². The van der Waals surface area contributed by atoms with Crippen LogP contribution in [0.1, 0.15) is 25.3 Å². The molecule has 5 nitrogen and oxygen atoms in total. The number of morpholine rings is 1. The summed E-state index contributed by atoms with van der Waals surface area (Å²) in [5.41, 5.74) is 2.28. The minimum absolute atomic E-state index is 0.160. The molecule has 1 fully saturated rings. The Hall–Kier alpha value is -1.93. The third-order valence-corrected chi connectivity index (χ3v) is 7.75. The molecular formula is C25H31N3O2S2. The van der Waals surface area contributed by atoms with E-state index in [4.69, 9.17) is 9.72 Å². The van der Waals surface area contributed by atoms with Crippen LogP contribution in [0.25, 0.3) is 10.2 Å². The molecule has 2 heterocycles. The fourth-order valence-corrected chi connectivity index (χ4v) is 5.83. The number of nitrogens with zero attached hydrogens (tertiary/aromatic N) is 3. The van der Waals surface area contributed by atoms with Crippen LogP contribution in [0.5, 0.6) is 0 Å². The first-order valence-corrected chi connectivity index (χ1v) is 13.2. The lowest BCUT2D eigenvalue weighted by atomic mass is 10.1. The van der Waals surface area contributed by atoms with Gasteiger partial charge in [-0.1, -0.05) is 48.6 Å². The number of aryl methyl sites for hydroxylation is 1. The Labute approximate surface area is 198 Å². The van der Waals surface area contributed by atoms with E-state index in [-0.39, 0.29) is 5.91 Å². The fraction of sp³-hybridized carbons (Fsp3) is 0.440. The Morgan fingerprint density at radius 2 is 1.97 bits per heavy atom. The van der Waals surface area contributed by atoms with E-state index in [0.29, 0.717) is 13.0 Å². The van der Waals surface area contributed by atoms with E-state index in [1.54, 1.807) is 23.1 Å². The summed E-state index contributed by atoms with van der Waals surface area (Å²) < 4.78 is 6.61. The molecule has 1 aromatic heterocycles. The van der Waals surface area contributed by atoms with Crippen molar-refractivity contribution in [2.24, 2.45) is 0 Å². The fourth-order valence-electron chi connectivity index (χ4n) is 3.91. The number of fused-ring (bicyclic) bond motifs is 1. The van der Waals surface area contributed by atoms with Crippen molar-refractivity contribution in [1.29, 1.82) is 0 Å². The highest BCUT2D eigenvalue weighted by molar-refractivity contribution is 7.99. The number of hydrogen-bond acceptors (Lipinski definition) is 6. The van der Waals surface area contributed by atoms with Crippen LogP contribution in [-0.2, 0) is 16.0 Å². The summed E-state index contributed by atoms with van der Waals surface area (Å²) in [4.78, 5) is 23.8. The average Bonchev–Trinajstić information content (AvgIpc) is 3.27. The molecule has 0 atom stereocenters. The van der Waals surface area contributed by atoms with Crippen molar-refractivity contribution in [3.8, 4) is 0 Å². The van der Waals surface area contributed by atoms with Crippen LogP contribution in [0.2, 0.25) is 0 Å². The van der Waals surface area contributed by atoms with E-state index in [1.165, 1.54) is 10.5 Å². The molecule has 1 amide bonds. The Kier molecular flexibility index (Phi) is 8.56. The second kappa shape index (κ2) is 11.8. The summed E-state index contributed by atoms with van der Waals surface area (Å²) in [6, 6.07) is 16.6. The van der Waals surface area contributed by atoms with Crippen LogP contribution in [0.4, 0.5) is 5.13 Å². The number of rotatable bonds is 10. The standard InChI is InChI=1S/C25H31N3O2S2/c1-2-20-8-6-11-22-24(20)26-25(32-22)28(14-7-13-27-15-17-30-18-16-27)23(29)12-19-31-21-9-4-3-5-10-21/h3-6,8-11H,2,7,12-19H2,1H3. The maximum atomic E-state index is 13.3. The summed E-state index contributed by atoms with van der Waals surface area (Å²) in [6.07, 6.45) is 2.39. The first-order chi connectivity index (χ1) is 15.7. The van der Waals surface area contributed by atoms with Crippen LogP contribution >= 0.6 is 23.1 Å². The molecule has 1 aliphatic rings. The van der Waals surface area contributed by atoms with Gasteiger partial charge in [-0.15, -0.1) is 11.8 Å². The van der Waals surface area contributed by atoms with Gasteiger partial charge in [-0.3, -0.25) is 14.6 Å². The Morgan fingerprint density at radius 3 is 2.75 bits per heavy atom. The molecule has 0 radical (unpaired) electrons. The van der Waals surface area contributed by atoms with Crippen LogP contribution < -0.4 is 4.90 Å². The maximum absolute atomic E-state index is 13.3. The smallest absolute Gasteiger partial charge is 0.229 e. The zero-order valence-electron chi connectivity index (χ0n) is 18.7. The molecule has 0 N–H and O–H groups in total. The summed E-state index contributed by atoms with van der Waals surface area (Å²) in [6.45, 7) is 7.39. The van der Waals surface area contributed by atoms with Crippen molar-refractivity contribution in [3.63, 3.8) is 0 Å². The SMILES string of the molecule is CCc1cccc2sc(N(CCCN3CCOCC3)C(=O)CCSc3ccccc3)nc12. The minimum Gasteiger partial charge on any atom is -0.379 e. The van der Waals surface area contributed by atoms with Crippen molar-refractivity contribution >= 4 is 44.4 Å². The molecule has 1 aliphatic heterocycles. The molecule has 2 aromatic carbocycles. The van der Waals surface area contributed by atoms with Gasteiger partial charge >= 0.3 is 0 Å². The van der Waals surface area contributed by atoms with Crippen LogP contribution in [0, 0.1) is 0 Å². The van der Waals surface area contributed by atoms with Crippen LogP contribution in [-0.4, -0.2) is 60.9 Å². The van der Waals surface area contributed by atoms with Gasteiger partial charge in [0.2, 0.25) is 5.91 Å². The quantitative estimate of drug-likeness (QED) is 0.387. The van der Waals surface area contributed by atoms with Gasteiger partial charge in [-0.25, -0.2) is 4.98 Å². The number of thiazole rings is 1. The molecule has 3 aromatic rings. The molecule has 0 spiro atoms. The molecule has 0 unspecified atom stereocenters. The first-order valence-electron chi connectivity index (χ1n) is 11.4. The van der Waals surface area contributed by atoms with E-state index in [0.717, 1.165) is 66.8 Å². The number of carbonyl (C=O) groups excluding carboxylic acids is 1. The van der Waals surface area contributed by atoms with Crippen molar-refractivity contribution in [2.45, 2.75) is 31.1 Å². The lowest BCUT2D eigenvalue weighted by molar-refractivity contribution is -0.118. The number of benzene rings is 2. The Balaban J connectivity index is 1.44. The minimum atomic E-state index is 0.160. The van der Waals surface area contributed by atoms with Crippen molar-refractivity contribution in [2.75, 3.05) is 50.0 Å². The van der Waals surface area contributed by atoms with E-state index >= 15 is 0 Å². The van der Waals surface area contributed by atoms with Crippen molar-refractivity contribution in [1.82, 2.24) is 9.88 Å². The number of carbonyl (C=O) groups is 1. The summed E-state index contributed by atoms with van der Waals surface area (Å²) in [5, 5.41) is 0.831. The molecule has 4 rings (SSSR count). The predicted molar refractivity (Wildman–Crippen MR) is 135 cm³/mol. The normalized spacial score (nSPS) is 14.7. The average molecular weight is 470 g/mol. The number of anilines is 1. The molecule has 0 bridgehead atoms. The largest absolute Gasteiger partial charge is 0.379 e. The van der Waals surface area contributed by atoms with E-state index in [9.17, 15) is 4.79 Å². The summed E-state index contributed by atoms with van der Waals surface area (Å²) >= 11 is 3.37. The highest BCUT2D eigenvalue weighted by Gasteiger charge is 2.21. The number of hydrogen-bond donors (Lipinski definition) is 0. The molecule has 0 aliphatic carbocycles. The van der Waals surface area contributed by atoms with Gasteiger partial charge in [0.15, 0.2) is 5.13 Å². The number of aromatic nitrogens is 1. The van der Waals surface area contributed by atoms with Crippen molar-refractivity contribution in [3.05, 3.63) is 54.1 Å². The van der Waals surface area contributed by atoms with Crippen molar-refractivity contribution < 1.29 is 9.53 Å². The zero-order chi connectivity index (χ0) is 22.2. The van der Waals surface area contributed by atoms with Gasteiger partial charge < -0.3 is 4.74 Å². The second-order valence-corrected chi connectivity index (χ2v) is 10.1. The third-order valence-electron chi connectivity index (χ3n) is 5.69. The van der Waals surface area contributed by atoms with Gasteiger partial charge in [-0.2, -0.15) is 0 Å². The molecule has 0 saturated carbocycles. The second-order valence-electron chi connectivity index (χ2n) is 7.88. The summed E-state index contributed by atoms with van der Waals surface area (Å²) in [5.74, 6) is 0.931. The highest BCUT2D eigenvalue weighted by Crippen LogP contribution is 2.32. The Morgan fingerprint density at radius 1 is 1.16 bits per heavy atom. The Bertz CT molecular complexity index is 1000. The van der Waals surface area contributed by atoms with Crippen LogP contribution in [0.3, 0.4) is 0 Å². The van der Waals surface area contributed by atoms with E-state index in [1.807, 2.05) is 23.1 Å². The zero-order valence-corrected chi connectivity index (χ0v) is 20.3. The summed E-state index contributed by atoms with van der Waals surface area (Å²) in [7, 11) is 0. The number of amides is 1. The van der Waals surface area contributed by atoms with Gasteiger partial charge in [0.05, 0.1) is 23.4 Å². The molecule has 7 heteroatoms. The molecule has 1 saturated heterocycles. The van der Waals surface area contributed by atoms with E-state index in [2.05, 4.69) is 42.2 Å². The third kappa shape index (κ3) is 6.10. The highest BCUT2D eigenvalue weighted by atomic mass is 32.2. The predicted octanol–water partition coefficient (Wildman–Crippen LogP) is 5.10. The van der Waals surface area contributed by atoms with Gasteiger partial charge in [-0.05, 0) is 36.6 Å². The number of thioether (sulfide) groups is 1. The van der Waals surface area contributed by atoms with E-state index < -0.39 is 0 Å². The van der Waals surface area contributed by atoms with Gasteiger partial charge in [0.1, 0.15) is 0 Å². The monoisotopic (exact) mass is 469 g/mol. The maximum Gasteiger partial charge on any atom is 0.229 e. The van der Waals surface area contributed by atoms with Gasteiger partial charge in [0.25, 0.3) is 0 Å². The molecular weight excluding hydrogens is 438 g/mol.